The number of nitrogens with zero attached hydrogens (tertiary/aromatic N) is 3. The van der Waals surface area contributed by atoms with Gasteiger partial charge in [-0.3, -0.25) is 0 Å². The molecular weight excluding hydrogens is 546 g/mol. The summed E-state index contributed by atoms with van der Waals surface area (Å²) in [4.78, 5) is 18.1. The zero-order valence-corrected chi connectivity index (χ0v) is 24.8. The Bertz CT molecular complexity index is 1320. The molecule has 0 saturated heterocycles. The van der Waals surface area contributed by atoms with Crippen molar-refractivity contribution in [2.75, 3.05) is 13.7 Å². The molecule has 1 fully saturated rings. The van der Waals surface area contributed by atoms with Crippen LogP contribution in [0.25, 0.3) is 16.9 Å². The fourth-order valence-corrected chi connectivity index (χ4v) is 5.66. The third-order valence-corrected chi connectivity index (χ3v) is 7.61. The molecule has 0 unspecified atom stereocenters. The smallest absolute Gasteiger partial charge is 0.339 e. The van der Waals surface area contributed by atoms with Crippen molar-refractivity contribution in [3.8, 4) is 11.3 Å². The van der Waals surface area contributed by atoms with Crippen LogP contribution in [0, 0.1) is 6.92 Å². The maximum atomic E-state index is 13.2. The van der Waals surface area contributed by atoms with Gasteiger partial charge in [-0.1, -0.05) is 34.1 Å². The van der Waals surface area contributed by atoms with Gasteiger partial charge in [-0.25, -0.2) is 14.3 Å². The van der Waals surface area contributed by atoms with Crippen LogP contribution < -0.4 is 0 Å². The predicted octanol–water partition coefficient (Wildman–Crippen LogP) is 7.12. The zero-order valence-electron chi connectivity index (χ0n) is 23.2. The van der Waals surface area contributed by atoms with E-state index < -0.39 is 17.7 Å². The lowest BCUT2D eigenvalue weighted by Crippen LogP contribution is -2.35. The Labute approximate surface area is 233 Å². The van der Waals surface area contributed by atoms with Gasteiger partial charge < -0.3 is 14.2 Å². The minimum atomic E-state index is -0.921. The summed E-state index contributed by atoms with van der Waals surface area (Å²) in [5.74, 6) is -0.305. The number of aromatic nitrogens is 3. The average Bonchev–Trinajstić information content (AvgIpc) is 3.29. The van der Waals surface area contributed by atoms with E-state index in [2.05, 4.69) is 29.4 Å². The molecule has 3 aromatic rings. The van der Waals surface area contributed by atoms with Gasteiger partial charge in [0.1, 0.15) is 0 Å². The fraction of sp³-hybridized carbons (Fsp3) is 0.500. The quantitative estimate of drug-likeness (QED) is 0.207. The van der Waals surface area contributed by atoms with E-state index in [4.69, 9.17) is 24.3 Å². The van der Waals surface area contributed by atoms with Gasteiger partial charge in [-0.15, -0.1) is 6.58 Å². The number of esters is 1. The van der Waals surface area contributed by atoms with E-state index in [0.717, 1.165) is 64.0 Å². The summed E-state index contributed by atoms with van der Waals surface area (Å²) in [5.41, 5.74) is 4.20. The number of carbonyl (C=O) groups excluding carboxylic acids is 1. The van der Waals surface area contributed by atoms with E-state index in [1.807, 2.05) is 62.5 Å². The molecule has 204 valence electrons. The standard InChI is InChI=1S/C30H38BrN3O4/c1-8-16-37-30(6)14-12-20(13-15-30)26-25(27(28(35)36-7)38-29(3,4)5)19(2)32-24-18-23(33-34(24)26)21-10-9-11-22(31)17-21/h8-11,17-18,20,27H,1,12-16H2,2-7H3/t20?,27-,30?/m0/s1. The van der Waals surface area contributed by atoms with Gasteiger partial charge in [-0.05, 0) is 72.4 Å². The van der Waals surface area contributed by atoms with Crippen molar-refractivity contribution in [2.24, 2.45) is 0 Å². The van der Waals surface area contributed by atoms with Crippen LogP contribution in [0.3, 0.4) is 0 Å². The molecule has 1 atom stereocenters. The number of rotatable bonds is 8. The molecule has 7 nitrogen and oxygen atoms in total. The van der Waals surface area contributed by atoms with E-state index in [-0.39, 0.29) is 11.5 Å². The second-order valence-corrected chi connectivity index (χ2v) is 12.2. The Morgan fingerprint density at radius 1 is 1.29 bits per heavy atom. The second kappa shape index (κ2) is 11.3. The molecule has 1 aromatic carbocycles. The van der Waals surface area contributed by atoms with Crippen LogP contribution in [0.4, 0.5) is 0 Å². The molecule has 0 bridgehead atoms. The summed E-state index contributed by atoms with van der Waals surface area (Å²) in [6.45, 7) is 14.2. The minimum Gasteiger partial charge on any atom is -0.467 e. The Balaban J connectivity index is 1.89. The first-order chi connectivity index (χ1) is 17.9. The van der Waals surface area contributed by atoms with Crippen molar-refractivity contribution in [1.82, 2.24) is 14.6 Å². The highest BCUT2D eigenvalue weighted by molar-refractivity contribution is 9.10. The first-order valence-electron chi connectivity index (χ1n) is 13.1. The summed E-state index contributed by atoms with van der Waals surface area (Å²) < 4.78 is 20.6. The van der Waals surface area contributed by atoms with Crippen LogP contribution in [0.2, 0.25) is 0 Å². The number of benzene rings is 1. The van der Waals surface area contributed by atoms with Crippen LogP contribution in [0.1, 0.15) is 82.4 Å². The Morgan fingerprint density at radius 3 is 2.61 bits per heavy atom. The molecule has 1 aliphatic rings. The second-order valence-electron chi connectivity index (χ2n) is 11.3. The van der Waals surface area contributed by atoms with Crippen LogP contribution in [-0.2, 0) is 19.0 Å². The van der Waals surface area contributed by atoms with Crippen molar-refractivity contribution in [1.29, 1.82) is 0 Å². The van der Waals surface area contributed by atoms with E-state index in [0.29, 0.717) is 6.61 Å². The zero-order chi connectivity index (χ0) is 27.7. The maximum Gasteiger partial charge on any atom is 0.339 e. The molecule has 2 aromatic heterocycles. The van der Waals surface area contributed by atoms with Gasteiger partial charge >= 0.3 is 5.97 Å². The summed E-state index contributed by atoms with van der Waals surface area (Å²) in [6, 6.07) is 10.1. The number of ether oxygens (including phenoxy) is 3. The van der Waals surface area contributed by atoms with Gasteiger partial charge in [0.2, 0.25) is 0 Å². The van der Waals surface area contributed by atoms with Gasteiger partial charge in [0.05, 0.1) is 36.3 Å². The van der Waals surface area contributed by atoms with Crippen LogP contribution >= 0.6 is 15.9 Å². The molecule has 2 heterocycles. The number of aryl methyl sites for hydroxylation is 1. The summed E-state index contributed by atoms with van der Waals surface area (Å²) in [5, 5.41) is 5.03. The molecule has 0 radical (unpaired) electrons. The number of hydrogen-bond acceptors (Lipinski definition) is 6. The normalized spacial score (nSPS) is 20.9. The number of fused-ring (bicyclic) bond motifs is 1. The molecule has 4 rings (SSSR count). The third-order valence-electron chi connectivity index (χ3n) is 7.12. The van der Waals surface area contributed by atoms with Crippen molar-refractivity contribution < 1.29 is 19.0 Å². The number of hydrogen-bond donors (Lipinski definition) is 0. The molecule has 0 spiro atoms. The summed E-state index contributed by atoms with van der Waals surface area (Å²) in [6.07, 6.45) is 4.41. The maximum absolute atomic E-state index is 13.2. The largest absolute Gasteiger partial charge is 0.467 e. The first kappa shape index (κ1) is 28.5. The highest BCUT2D eigenvalue weighted by Gasteiger charge is 2.39. The summed E-state index contributed by atoms with van der Waals surface area (Å²) in [7, 11) is 1.39. The SMILES string of the molecule is C=CCOC1(C)CCC(c2c([C@H](OC(C)(C)C)C(=O)OC)c(C)nc3cc(-c4cccc(Br)c4)nn23)CC1. The van der Waals surface area contributed by atoms with Gasteiger partial charge in [-0.2, -0.15) is 5.10 Å². The Hall–Kier alpha value is -2.55. The topological polar surface area (TPSA) is 75.0 Å². The van der Waals surface area contributed by atoms with E-state index in [1.54, 1.807) is 6.08 Å². The Morgan fingerprint density at radius 2 is 2.00 bits per heavy atom. The fourth-order valence-electron chi connectivity index (χ4n) is 5.26. The lowest BCUT2D eigenvalue weighted by molar-refractivity contribution is -0.164. The van der Waals surface area contributed by atoms with Crippen molar-refractivity contribution in [2.45, 2.75) is 83.5 Å². The van der Waals surface area contributed by atoms with Crippen LogP contribution in [-0.4, -0.2) is 45.5 Å². The molecule has 1 aliphatic carbocycles. The molecule has 0 aliphatic heterocycles. The van der Waals surface area contributed by atoms with E-state index in [9.17, 15) is 4.79 Å². The van der Waals surface area contributed by atoms with Gasteiger partial charge in [0, 0.05) is 33.3 Å². The first-order valence-corrected chi connectivity index (χ1v) is 13.9. The average molecular weight is 585 g/mol. The monoisotopic (exact) mass is 583 g/mol. The Kier molecular flexibility index (Phi) is 8.45. The lowest BCUT2D eigenvalue weighted by atomic mass is 9.76. The predicted molar refractivity (Wildman–Crippen MR) is 152 cm³/mol. The lowest BCUT2D eigenvalue weighted by Gasteiger charge is -2.38. The number of carbonyl (C=O) groups is 1. The number of halogens is 1. The highest BCUT2D eigenvalue weighted by atomic mass is 79.9. The van der Waals surface area contributed by atoms with E-state index >= 15 is 0 Å². The number of methoxy groups -OCH3 is 1. The molecule has 1 saturated carbocycles. The highest BCUT2D eigenvalue weighted by Crippen LogP contribution is 2.44. The van der Waals surface area contributed by atoms with Crippen LogP contribution in [0.15, 0.2) is 47.5 Å². The minimum absolute atomic E-state index is 0.139. The van der Waals surface area contributed by atoms with E-state index in [1.165, 1.54) is 7.11 Å². The molecule has 0 amide bonds. The van der Waals surface area contributed by atoms with Crippen molar-refractivity contribution in [3.63, 3.8) is 0 Å². The van der Waals surface area contributed by atoms with Crippen LogP contribution in [0.5, 0.6) is 0 Å². The molecule has 38 heavy (non-hydrogen) atoms. The molecular formula is C30H38BrN3O4. The van der Waals surface area contributed by atoms with Gasteiger partial charge in [0.25, 0.3) is 0 Å². The summed E-state index contributed by atoms with van der Waals surface area (Å²) >= 11 is 3.57. The third kappa shape index (κ3) is 6.19. The molecule has 8 heteroatoms. The van der Waals surface area contributed by atoms with Gasteiger partial charge in [0.15, 0.2) is 11.8 Å². The molecule has 0 N–H and O–H groups in total. The van der Waals surface area contributed by atoms with Crippen molar-refractivity contribution in [3.05, 3.63) is 64.4 Å². The van der Waals surface area contributed by atoms with Crippen molar-refractivity contribution >= 4 is 27.5 Å².